The summed E-state index contributed by atoms with van der Waals surface area (Å²) in [5.41, 5.74) is 6.42. The van der Waals surface area contributed by atoms with E-state index in [1.807, 2.05) is 23.4 Å². The van der Waals surface area contributed by atoms with Gasteiger partial charge in [0.1, 0.15) is 5.69 Å². The number of allylic oxidation sites excluding steroid dienone is 1. The highest BCUT2D eigenvalue weighted by atomic mass is 32.1. The van der Waals surface area contributed by atoms with Gasteiger partial charge < -0.3 is 0 Å². The van der Waals surface area contributed by atoms with Crippen LogP contribution in [0.1, 0.15) is 35.6 Å². The van der Waals surface area contributed by atoms with Crippen LogP contribution in [0, 0.1) is 23.5 Å². The van der Waals surface area contributed by atoms with Crippen LogP contribution in [0.4, 0.5) is 14.5 Å². The Hall–Kier alpha value is -3.38. The van der Waals surface area contributed by atoms with Gasteiger partial charge in [-0.25, -0.2) is 8.78 Å². The first-order chi connectivity index (χ1) is 15.1. The van der Waals surface area contributed by atoms with Crippen molar-refractivity contribution in [3.63, 3.8) is 0 Å². The van der Waals surface area contributed by atoms with Gasteiger partial charge in [0.05, 0.1) is 5.16 Å². The molecule has 4 heteroatoms. The molecule has 1 nitrogen and oxygen atoms in total. The van der Waals surface area contributed by atoms with E-state index in [1.165, 1.54) is 17.7 Å². The molecule has 0 N–H and O–H groups in total. The lowest BCUT2D eigenvalue weighted by Gasteiger charge is -2.15. The van der Waals surface area contributed by atoms with Gasteiger partial charge in [0, 0.05) is 11.1 Å². The number of nitrogens with zero attached hydrogens (tertiary/aromatic N) is 1. The quantitative estimate of drug-likeness (QED) is 0.242. The zero-order chi connectivity index (χ0) is 21.8. The summed E-state index contributed by atoms with van der Waals surface area (Å²) in [6.45, 7) is 2.13. The van der Waals surface area contributed by atoms with E-state index in [4.69, 9.17) is 0 Å². The molecule has 4 rings (SSSR count). The number of halogens is 2. The van der Waals surface area contributed by atoms with Gasteiger partial charge in [0.2, 0.25) is 0 Å². The summed E-state index contributed by atoms with van der Waals surface area (Å²) in [5, 5.41) is 2.01. The average Bonchev–Trinajstić information content (AvgIpc) is 2.79. The van der Waals surface area contributed by atoms with E-state index < -0.39 is 17.3 Å². The molecule has 152 valence electrons. The van der Waals surface area contributed by atoms with Gasteiger partial charge in [0.15, 0.2) is 11.6 Å². The lowest BCUT2D eigenvalue weighted by Crippen LogP contribution is -1.99. The Labute approximate surface area is 186 Å². The Balaban J connectivity index is 1.60. The largest absolute Gasteiger partial charge is 0.204 e. The first kappa shape index (κ1) is 20.9. The molecule has 0 saturated carbocycles. The summed E-state index contributed by atoms with van der Waals surface area (Å²) < 4.78 is 28.4. The minimum absolute atomic E-state index is 0.410. The Morgan fingerprint density at radius 2 is 1.65 bits per heavy atom. The number of aryl methyl sites for hydroxylation is 2. The van der Waals surface area contributed by atoms with Crippen LogP contribution in [-0.2, 0) is 12.8 Å². The number of hydrogen-bond donors (Lipinski definition) is 0. The molecule has 0 aliphatic heterocycles. The monoisotopic (exact) mass is 427 g/mol. The summed E-state index contributed by atoms with van der Waals surface area (Å²) in [6.07, 6.45) is 4.77. The first-order valence-electron chi connectivity index (χ1n) is 10.1. The highest BCUT2D eigenvalue weighted by Gasteiger charge is 2.14. The van der Waals surface area contributed by atoms with Gasteiger partial charge in [-0.1, -0.05) is 49.1 Å². The summed E-state index contributed by atoms with van der Waals surface area (Å²) in [7, 11) is 0. The number of hydrogen-bond acceptors (Lipinski definition) is 2. The van der Waals surface area contributed by atoms with Gasteiger partial charge in [0.25, 0.3) is 0 Å². The molecule has 0 heterocycles. The van der Waals surface area contributed by atoms with E-state index in [1.54, 1.807) is 0 Å². The standard InChI is InChI=1S/C27H19F2NS/c1-2-18-3-5-19(6-4-18)7-8-20-9-10-22-14-23(12-11-21(22)13-20)24-15-25(28)27(30-17-31)26(29)16-24/h3-6,11-16H,2,9-10H2,1H3. The summed E-state index contributed by atoms with van der Waals surface area (Å²) in [4.78, 5) is 3.46. The maximum atomic E-state index is 14.2. The van der Waals surface area contributed by atoms with Crippen molar-refractivity contribution in [2.45, 2.75) is 26.2 Å². The fraction of sp³-hybridized carbons (Fsp3) is 0.148. The molecule has 0 fully saturated rings. The Kier molecular flexibility index (Phi) is 6.18. The molecule has 0 saturated heterocycles. The molecule has 3 aromatic carbocycles. The van der Waals surface area contributed by atoms with Crippen LogP contribution in [-0.4, -0.2) is 5.16 Å². The van der Waals surface area contributed by atoms with Gasteiger partial charge in [-0.05, 0) is 89.6 Å². The van der Waals surface area contributed by atoms with Crippen LogP contribution in [0.5, 0.6) is 0 Å². The summed E-state index contributed by atoms with van der Waals surface area (Å²) >= 11 is 4.45. The minimum Gasteiger partial charge on any atom is -0.204 e. The lowest BCUT2D eigenvalue weighted by atomic mass is 9.89. The normalized spacial score (nSPS) is 12.2. The zero-order valence-corrected chi connectivity index (χ0v) is 17.8. The number of isothiocyanates is 1. The van der Waals surface area contributed by atoms with E-state index in [0.29, 0.717) is 5.56 Å². The van der Waals surface area contributed by atoms with Crippen LogP contribution in [0.15, 0.2) is 65.2 Å². The fourth-order valence-corrected chi connectivity index (χ4v) is 3.72. The summed E-state index contributed by atoms with van der Waals surface area (Å²) in [5.74, 6) is 5.01. The zero-order valence-electron chi connectivity index (χ0n) is 17.0. The van der Waals surface area contributed by atoms with E-state index in [0.717, 1.165) is 47.1 Å². The van der Waals surface area contributed by atoms with Crippen molar-refractivity contribution < 1.29 is 8.78 Å². The van der Waals surface area contributed by atoms with Crippen molar-refractivity contribution in [2.24, 2.45) is 4.99 Å². The topological polar surface area (TPSA) is 12.4 Å². The third-order valence-corrected chi connectivity index (χ3v) is 5.46. The Morgan fingerprint density at radius 3 is 2.32 bits per heavy atom. The molecule has 0 spiro atoms. The molecule has 0 bridgehead atoms. The third-order valence-electron chi connectivity index (χ3n) is 5.37. The number of thiocarbonyl (C=S) groups is 1. The highest BCUT2D eigenvalue weighted by molar-refractivity contribution is 7.78. The van der Waals surface area contributed by atoms with Crippen molar-refractivity contribution in [3.05, 3.63) is 94.1 Å². The molecule has 1 aliphatic carbocycles. The minimum atomic E-state index is -0.755. The molecular formula is C27H19F2NS. The van der Waals surface area contributed by atoms with Crippen LogP contribution >= 0.6 is 12.2 Å². The number of aliphatic imine (C=N–C) groups is 1. The SMILES string of the molecule is CCc1ccc(C#CC2=Cc3ccc(-c4cc(F)c(N=C=S)c(F)c4)cc3CC2)cc1. The van der Waals surface area contributed by atoms with Crippen LogP contribution in [0.3, 0.4) is 0 Å². The van der Waals surface area contributed by atoms with Gasteiger partial charge in [-0.2, -0.15) is 4.99 Å². The van der Waals surface area contributed by atoms with Gasteiger partial charge in [-0.3, -0.25) is 0 Å². The molecule has 0 amide bonds. The molecule has 0 aromatic heterocycles. The average molecular weight is 428 g/mol. The first-order valence-corrected chi connectivity index (χ1v) is 10.5. The van der Waals surface area contributed by atoms with Crippen LogP contribution in [0.25, 0.3) is 17.2 Å². The Bertz CT molecular complexity index is 1260. The Morgan fingerprint density at radius 1 is 0.903 bits per heavy atom. The molecule has 1 aliphatic rings. The second-order valence-corrected chi connectivity index (χ2v) is 7.56. The van der Waals surface area contributed by atoms with Gasteiger partial charge in [-0.15, -0.1) is 0 Å². The number of rotatable bonds is 3. The van der Waals surface area contributed by atoms with E-state index in [-0.39, 0.29) is 0 Å². The molecule has 0 atom stereocenters. The lowest BCUT2D eigenvalue weighted by molar-refractivity contribution is 0.588. The third kappa shape index (κ3) is 4.70. The predicted octanol–water partition coefficient (Wildman–Crippen LogP) is 7.31. The second-order valence-electron chi connectivity index (χ2n) is 7.38. The number of fused-ring (bicyclic) bond motifs is 1. The molecular weight excluding hydrogens is 408 g/mol. The highest BCUT2D eigenvalue weighted by Crippen LogP contribution is 2.32. The smallest absolute Gasteiger partial charge is 0.153 e. The maximum Gasteiger partial charge on any atom is 0.153 e. The molecule has 0 radical (unpaired) electrons. The van der Waals surface area contributed by atoms with Crippen LogP contribution in [0.2, 0.25) is 0 Å². The molecule has 31 heavy (non-hydrogen) atoms. The molecule has 0 unspecified atom stereocenters. The maximum absolute atomic E-state index is 14.2. The van der Waals surface area contributed by atoms with Crippen molar-refractivity contribution in [3.8, 4) is 23.0 Å². The second kappa shape index (κ2) is 9.18. The van der Waals surface area contributed by atoms with Crippen molar-refractivity contribution in [1.82, 2.24) is 0 Å². The predicted molar refractivity (Wildman–Crippen MR) is 125 cm³/mol. The fourth-order valence-electron chi connectivity index (χ4n) is 3.63. The summed E-state index contributed by atoms with van der Waals surface area (Å²) in [6, 6.07) is 16.7. The van der Waals surface area contributed by atoms with Crippen molar-refractivity contribution in [1.29, 1.82) is 0 Å². The van der Waals surface area contributed by atoms with E-state index in [2.05, 4.69) is 66.3 Å². The van der Waals surface area contributed by atoms with E-state index >= 15 is 0 Å². The van der Waals surface area contributed by atoms with E-state index in [9.17, 15) is 8.78 Å². The van der Waals surface area contributed by atoms with Crippen molar-refractivity contribution >= 4 is 29.1 Å². The molecule has 3 aromatic rings. The van der Waals surface area contributed by atoms with Crippen molar-refractivity contribution in [2.75, 3.05) is 0 Å². The van der Waals surface area contributed by atoms with Crippen LogP contribution < -0.4 is 0 Å². The number of benzene rings is 3. The van der Waals surface area contributed by atoms with Gasteiger partial charge >= 0.3 is 0 Å².